The van der Waals surface area contributed by atoms with Crippen LogP contribution in [0.4, 0.5) is 10.1 Å². The molecule has 1 aliphatic carbocycles. The summed E-state index contributed by atoms with van der Waals surface area (Å²) in [6.45, 7) is 2.45. The first-order chi connectivity index (χ1) is 14.9. The molecule has 1 atom stereocenters. The zero-order valence-electron chi connectivity index (χ0n) is 17.5. The largest absolute Gasteiger partial charge is 0.480 e. The Balaban J connectivity index is 1.58. The first-order valence-corrected chi connectivity index (χ1v) is 11.2. The van der Waals surface area contributed by atoms with E-state index in [1.807, 2.05) is 25.1 Å². The Hall–Kier alpha value is -2.60. The fourth-order valence-electron chi connectivity index (χ4n) is 4.27. The highest BCUT2D eigenvalue weighted by Crippen LogP contribution is 2.32. The van der Waals surface area contributed by atoms with Crippen molar-refractivity contribution in [3.05, 3.63) is 58.4 Å². The van der Waals surface area contributed by atoms with Crippen molar-refractivity contribution in [1.82, 2.24) is 4.90 Å². The van der Waals surface area contributed by atoms with Gasteiger partial charge in [-0.05, 0) is 55.2 Å². The van der Waals surface area contributed by atoms with Crippen LogP contribution in [0.2, 0.25) is 5.02 Å². The topological polar surface area (TPSA) is 58.6 Å². The lowest BCUT2D eigenvalue weighted by Gasteiger charge is -2.24. The molecule has 7 heteroatoms. The van der Waals surface area contributed by atoms with Crippen LogP contribution in [0.3, 0.4) is 0 Å². The second kappa shape index (κ2) is 9.27. The predicted octanol–water partition coefficient (Wildman–Crippen LogP) is 5.31. The standard InChI is InChI=1S/C24H26ClFN2O3/c1-2-21-24(30)28(13-16-7-8-18(26)12-20(16)25)14-17-11-19(9-10-22(17)31-21)27-23(29)15-5-3-4-6-15/h7-12,15,21H,2-6,13-14H2,1H3,(H,27,29)/t21-/m1/s1. The number of benzene rings is 2. The van der Waals surface area contributed by atoms with E-state index in [0.717, 1.165) is 31.2 Å². The SMILES string of the molecule is CC[C@H]1Oc2ccc(NC(=O)C3CCCC3)cc2CN(Cc2ccc(F)cc2Cl)C1=O. The molecule has 31 heavy (non-hydrogen) atoms. The number of carbonyl (C=O) groups excluding carboxylic acids is 2. The van der Waals surface area contributed by atoms with E-state index in [1.165, 1.54) is 12.1 Å². The number of hydrogen-bond acceptors (Lipinski definition) is 3. The van der Waals surface area contributed by atoms with Crippen LogP contribution in [-0.2, 0) is 22.7 Å². The van der Waals surface area contributed by atoms with Gasteiger partial charge in [-0.15, -0.1) is 0 Å². The Kier molecular flexibility index (Phi) is 6.46. The van der Waals surface area contributed by atoms with Gasteiger partial charge in [0.1, 0.15) is 11.6 Å². The van der Waals surface area contributed by atoms with E-state index in [0.29, 0.717) is 30.0 Å². The van der Waals surface area contributed by atoms with Crippen LogP contribution in [0.15, 0.2) is 36.4 Å². The average molecular weight is 445 g/mol. The third-order valence-electron chi connectivity index (χ3n) is 6.02. The number of carbonyl (C=O) groups is 2. The van der Waals surface area contributed by atoms with Crippen molar-refractivity contribution in [2.45, 2.75) is 58.2 Å². The van der Waals surface area contributed by atoms with Crippen LogP contribution in [-0.4, -0.2) is 22.8 Å². The second-order valence-electron chi connectivity index (χ2n) is 8.24. The third kappa shape index (κ3) is 4.85. The maximum Gasteiger partial charge on any atom is 0.264 e. The number of fused-ring (bicyclic) bond motifs is 1. The number of halogens is 2. The Morgan fingerprint density at radius 3 is 2.71 bits per heavy atom. The number of rotatable bonds is 5. The maximum absolute atomic E-state index is 13.4. The van der Waals surface area contributed by atoms with Crippen LogP contribution in [0.25, 0.3) is 0 Å². The fourth-order valence-corrected chi connectivity index (χ4v) is 4.49. The fraction of sp³-hybridized carbons (Fsp3) is 0.417. The molecule has 1 heterocycles. The van der Waals surface area contributed by atoms with Crippen molar-refractivity contribution >= 4 is 29.1 Å². The highest BCUT2D eigenvalue weighted by molar-refractivity contribution is 6.31. The summed E-state index contributed by atoms with van der Waals surface area (Å²) in [4.78, 5) is 27.3. The number of nitrogens with one attached hydrogen (secondary N) is 1. The molecule has 0 aromatic heterocycles. The van der Waals surface area contributed by atoms with Crippen molar-refractivity contribution in [2.24, 2.45) is 5.92 Å². The number of ether oxygens (including phenoxy) is 1. The molecular formula is C24H26ClFN2O3. The van der Waals surface area contributed by atoms with Gasteiger partial charge in [0.05, 0.1) is 0 Å². The van der Waals surface area contributed by atoms with E-state index >= 15 is 0 Å². The Morgan fingerprint density at radius 1 is 1.23 bits per heavy atom. The van der Waals surface area contributed by atoms with Crippen LogP contribution in [0.1, 0.15) is 50.2 Å². The highest BCUT2D eigenvalue weighted by Gasteiger charge is 2.31. The minimum atomic E-state index is -0.612. The van der Waals surface area contributed by atoms with Crippen molar-refractivity contribution < 1.29 is 18.7 Å². The quantitative estimate of drug-likeness (QED) is 0.680. The van der Waals surface area contributed by atoms with Gasteiger partial charge in [0.25, 0.3) is 5.91 Å². The van der Waals surface area contributed by atoms with Gasteiger partial charge in [-0.3, -0.25) is 9.59 Å². The Labute approximate surface area is 186 Å². The molecule has 0 unspecified atom stereocenters. The molecule has 0 saturated heterocycles. The van der Waals surface area contributed by atoms with E-state index in [9.17, 15) is 14.0 Å². The molecule has 2 amide bonds. The molecule has 1 aliphatic heterocycles. The Bertz CT molecular complexity index is 991. The molecule has 1 fully saturated rings. The summed E-state index contributed by atoms with van der Waals surface area (Å²) < 4.78 is 19.4. The molecule has 4 rings (SSSR count). The zero-order valence-corrected chi connectivity index (χ0v) is 18.3. The van der Waals surface area contributed by atoms with Gasteiger partial charge in [-0.2, -0.15) is 0 Å². The molecule has 0 radical (unpaired) electrons. The van der Waals surface area contributed by atoms with Gasteiger partial charge in [-0.1, -0.05) is 37.4 Å². The monoisotopic (exact) mass is 444 g/mol. The molecule has 2 aromatic carbocycles. The van der Waals surface area contributed by atoms with Crippen molar-refractivity contribution in [2.75, 3.05) is 5.32 Å². The number of nitrogens with zero attached hydrogens (tertiary/aromatic N) is 1. The van der Waals surface area contributed by atoms with E-state index < -0.39 is 11.9 Å². The first kappa shape index (κ1) is 21.6. The van der Waals surface area contributed by atoms with Crippen molar-refractivity contribution in [3.63, 3.8) is 0 Å². The van der Waals surface area contributed by atoms with E-state index in [1.54, 1.807) is 11.0 Å². The summed E-state index contributed by atoms with van der Waals surface area (Å²) in [6.07, 6.45) is 3.96. The summed E-state index contributed by atoms with van der Waals surface area (Å²) in [5.41, 5.74) is 2.17. The molecule has 1 saturated carbocycles. The summed E-state index contributed by atoms with van der Waals surface area (Å²) in [5, 5.41) is 3.29. The van der Waals surface area contributed by atoms with Crippen LogP contribution < -0.4 is 10.1 Å². The summed E-state index contributed by atoms with van der Waals surface area (Å²) in [7, 11) is 0. The minimum Gasteiger partial charge on any atom is -0.480 e. The van der Waals surface area contributed by atoms with Crippen molar-refractivity contribution in [3.8, 4) is 5.75 Å². The Morgan fingerprint density at radius 2 is 2.00 bits per heavy atom. The van der Waals surface area contributed by atoms with Gasteiger partial charge in [0.2, 0.25) is 5.91 Å². The summed E-state index contributed by atoms with van der Waals surface area (Å²) >= 11 is 6.20. The number of anilines is 1. The minimum absolute atomic E-state index is 0.0458. The molecule has 1 N–H and O–H groups in total. The zero-order chi connectivity index (χ0) is 22.0. The van der Waals surface area contributed by atoms with Crippen LogP contribution in [0.5, 0.6) is 5.75 Å². The third-order valence-corrected chi connectivity index (χ3v) is 6.37. The molecule has 2 aromatic rings. The van der Waals surface area contributed by atoms with Crippen LogP contribution >= 0.6 is 11.6 Å². The molecule has 5 nitrogen and oxygen atoms in total. The van der Waals surface area contributed by atoms with Gasteiger partial charge in [-0.25, -0.2) is 4.39 Å². The smallest absolute Gasteiger partial charge is 0.264 e. The number of amides is 2. The van der Waals surface area contributed by atoms with Crippen molar-refractivity contribution in [1.29, 1.82) is 0 Å². The summed E-state index contributed by atoms with van der Waals surface area (Å²) in [6, 6.07) is 9.67. The normalized spacial score (nSPS) is 19.0. The summed E-state index contributed by atoms with van der Waals surface area (Å²) in [5.74, 6) is 0.184. The van der Waals surface area contributed by atoms with Gasteiger partial charge in [0, 0.05) is 35.3 Å². The lowest BCUT2D eigenvalue weighted by atomic mass is 10.1. The molecular weight excluding hydrogens is 419 g/mol. The van der Waals surface area contributed by atoms with E-state index in [4.69, 9.17) is 16.3 Å². The molecule has 0 bridgehead atoms. The lowest BCUT2D eigenvalue weighted by Crippen LogP contribution is -2.38. The van der Waals surface area contributed by atoms with Gasteiger partial charge < -0.3 is 15.0 Å². The first-order valence-electron chi connectivity index (χ1n) is 10.8. The van der Waals surface area contributed by atoms with E-state index in [-0.39, 0.29) is 29.3 Å². The maximum atomic E-state index is 13.4. The second-order valence-corrected chi connectivity index (χ2v) is 8.65. The molecule has 2 aliphatic rings. The number of hydrogen-bond donors (Lipinski definition) is 1. The average Bonchev–Trinajstić information content (AvgIpc) is 3.25. The van der Waals surface area contributed by atoms with Gasteiger partial charge in [0.15, 0.2) is 6.10 Å². The lowest BCUT2D eigenvalue weighted by molar-refractivity contribution is -0.139. The van der Waals surface area contributed by atoms with E-state index in [2.05, 4.69) is 5.32 Å². The molecule has 164 valence electrons. The van der Waals surface area contributed by atoms with Gasteiger partial charge >= 0.3 is 0 Å². The molecule has 0 spiro atoms. The van der Waals surface area contributed by atoms with Crippen LogP contribution in [0, 0.1) is 11.7 Å². The predicted molar refractivity (Wildman–Crippen MR) is 117 cm³/mol. The highest BCUT2D eigenvalue weighted by atomic mass is 35.5.